The summed E-state index contributed by atoms with van der Waals surface area (Å²) in [6.45, 7) is 2.86. The van der Waals surface area contributed by atoms with Crippen LogP contribution in [0.25, 0.3) is 0 Å². The number of halogens is 5. The Hall–Kier alpha value is -2.45. The molecule has 132 valence electrons. The Morgan fingerprint density at radius 3 is 2.25 bits per heavy atom. The zero-order chi connectivity index (χ0) is 18.5. The van der Waals surface area contributed by atoms with Gasteiger partial charge < -0.3 is 9.47 Å². The van der Waals surface area contributed by atoms with Gasteiger partial charge in [0, 0.05) is 0 Å². The average Bonchev–Trinajstić information content (AvgIpc) is 2.46. The van der Waals surface area contributed by atoms with Crippen molar-refractivity contribution in [1.29, 1.82) is 0 Å². The van der Waals surface area contributed by atoms with E-state index in [0.29, 0.717) is 18.4 Å². The molecule has 0 heterocycles. The van der Waals surface area contributed by atoms with E-state index in [4.69, 9.17) is 4.74 Å². The Kier molecular flexibility index (Phi) is 6.44. The van der Waals surface area contributed by atoms with Crippen LogP contribution in [0.2, 0.25) is 0 Å². The molecule has 0 N–H and O–H groups in total. The van der Waals surface area contributed by atoms with Crippen LogP contribution in [0.15, 0.2) is 24.0 Å². The van der Waals surface area contributed by atoms with E-state index in [1.165, 1.54) is 13.8 Å². The fourth-order valence-corrected chi connectivity index (χ4v) is 1.70. The van der Waals surface area contributed by atoms with E-state index in [1.807, 2.05) is 0 Å². The largest absolute Gasteiger partial charge is 0.500 e. The summed E-state index contributed by atoms with van der Waals surface area (Å²) >= 11 is 0. The summed E-state index contributed by atoms with van der Waals surface area (Å²) in [5.74, 6) is -6.60. The number of ketones is 1. The number of rotatable bonds is 6. The van der Waals surface area contributed by atoms with E-state index >= 15 is 0 Å². The molecule has 1 rings (SSSR count). The van der Waals surface area contributed by atoms with Crippen LogP contribution in [-0.2, 0) is 20.4 Å². The number of hydrogen-bond acceptors (Lipinski definition) is 4. The molecule has 9 heteroatoms. The minimum atomic E-state index is -5.35. The maximum atomic E-state index is 14.0. The number of ether oxygens (including phenoxy) is 2. The van der Waals surface area contributed by atoms with Gasteiger partial charge in [0.2, 0.25) is 5.78 Å². The number of hydrogen-bond donors (Lipinski definition) is 0. The van der Waals surface area contributed by atoms with Crippen molar-refractivity contribution in [3.05, 3.63) is 46.7 Å². The molecular weight excluding hydrogens is 339 g/mol. The highest BCUT2D eigenvalue weighted by atomic mass is 19.4. The molecule has 0 saturated heterocycles. The first kappa shape index (κ1) is 19.6. The molecule has 0 aliphatic carbocycles. The lowest BCUT2D eigenvalue weighted by Gasteiger charge is -2.12. The topological polar surface area (TPSA) is 52.6 Å². The Morgan fingerprint density at radius 1 is 1.12 bits per heavy atom. The maximum Gasteiger partial charge on any atom is 0.422 e. The minimum Gasteiger partial charge on any atom is -0.500 e. The second-order valence-electron chi connectivity index (χ2n) is 4.32. The third-order valence-electron chi connectivity index (χ3n) is 2.73. The van der Waals surface area contributed by atoms with Gasteiger partial charge in [-0.15, -0.1) is 0 Å². The number of carbonyl (C=O) groups excluding carboxylic acids is 2. The SMILES string of the molecule is CCO/C=C(/C(=O)OCC)C(=O)c1ccc(F)c(C(F)(F)F)c1F. The first-order valence-corrected chi connectivity index (χ1v) is 6.73. The van der Waals surface area contributed by atoms with E-state index in [1.54, 1.807) is 0 Å². The highest BCUT2D eigenvalue weighted by Gasteiger charge is 2.40. The summed E-state index contributed by atoms with van der Waals surface area (Å²) in [5, 5.41) is 0. The molecule has 0 bridgehead atoms. The van der Waals surface area contributed by atoms with Crippen molar-refractivity contribution >= 4 is 11.8 Å². The van der Waals surface area contributed by atoms with Crippen molar-refractivity contribution in [2.24, 2.45) is 0 Å². The fourth-order valence-electron chi connectivity index (χ4n) is 1.70. The Morgan fingerprint density at radius 2 is 1.75 bits per heavy atom. The van der Waals surface area contributed by atoms with Gasteiger partial charge in [-0.1, -0.05) is 0 Å². The van der Waals surface area contributed by atoms with Crippen molar-refractivity contribution in [2.45, 2.75) is 20.0 Å². The highest BCUT2D eigenvalue weighted by Crippen LogP contribution is 2.35. The van der Waals surface area contributed by atoms with Crippen LogP contribution in [-0.4, -0.2) is 25.0 Å². The third kappa shape index (κ3) is 4.30. The first-order valence-electron chi connectivity index (χ1n) is 6.73. The molecule has 0 saturated carbocycles. The Bertz CT molecular complexity index is 665. The lowest BCUT2D eigenvalue weighted by molar-refractivity contribution is -0.142. The van der Waals surface area contributed by atoms with Gasteiger partial charge in [-0.25, -0.2) is 13.6 Å². The summed E-state index contributed by atoms with van der Waals surface area (Å²) in [5.41, 5.74) is -4.15. The number of alkyl halides is 3. The minimum absolute atomic E-state index is 0.0376. The van der Waals surface area contributed by atoms with Gasteiger partial charge in [0.25, 0.3) is 0 Å². The molecule has 0 fully saturated rings. The van der Waals surface area contributed by atoms with Crippen LogP contribution in [0.1, 0.15) is 29.8 Å². The van der Waals surface area contributed by atoms with Gasteiger partial charge in [0.15, 0.2) is 0 Å². The van der Waals surface area contributed by atoms with Crippen molar-refractivity contribution < 1.29 is 41.0 Å². The molecule has 0 aliphatic heterocycles. The molecule has 0 radical (unpaired) electrons. The second kappa shape index (κ2) is 7.89. The van der Waals surface area contributed by atoms with E-state index in [2.05, 4.69) is 4.74 Å². The molecule has 0 unspecified atom stereocenters. The first-order chi connectivity index (χ1) is 11.1. The Labute approximate surface area is 133 Å². The van der Waals surface area contributed by atoms with Gasteiger partial charge in [0.05, 0.1) is 18.8 Å². The lowest BCUT2D eigenvalue weighted by Crippen LogP contribution is -2.20. The summed E-state index contributed by atoms with van der Waals surface area (Å²) in [4.78, 5) is 23.9. The monoisotopic (exact) mass is 352 g/mol. The molecule has 1 aromatic rings. The van der Waals surface area contributed by atoms with Crippen molar-refractivity contribution in [3.63, 3.8) is 0 Å². The predicted octanol–water partition coefficient (Wildman–Crippen LogP) is 3.65. The molecule has 0 atom stereocenters. The highest BCUT2D eigenvalue weighted by molar-refractivity contribution is 6.24. The van der Waals surface area contributed by atoms with Crippen LogP contribution in [0, 0.1) is 11.6 Å². The fraction of sp³-hybridized carbons (Fsp3) is 0.333. The molecular formula is C15H13F5O4. The van der Waals surface area contributed by atoms with Crippen molar-refractivity contribution in [3.8, 4) is 0 Å². The third-order valence-corrected chi connectivity index (χ3v) is 2.73. The maximum absolute atomic E-state index is 14.0. The van der Waals surface area contributed by atoms with Crippen LogP contribution in [0.4, 0.5) is 22.0 Å². The van der Waals surface area contributed by atoms with Gasteiger partial charge >= 0.3 is 12.1 Å². The van der Waals surface area contributed by atoms with E-state index in [0.717, 1.165) is 0 Å². The molecule has 0 aliphatic rings. The van der Waals surface area contributed by atoms with Gasteiger partial charge in [0.1, 0.15) is 29.0 Å². The lowest BCUT2D eigenvalue weighted by atomic mass is 10.0. The van der Waals surface area contributed by atoms with Crippen molar-refractivity contribution in [2.75, 3.05) is 13.2 Å². The summed E-state index contributed by atoms with van der Waals surface area (Å²) in [6, 6.07) is 0.809. The number of carbonyl (C=O) groups is 2. The average molecular weight is 352 g/mol. The second-order valence-corrected chi connectivity index (χ2v) is 4.32. The van der Waals surface area contributed by atoms with E-state index < -0.39 is 46.3 Å². The predicted molar refractivity (Wildman–Crippen MR) is 72.0 cm³/mol. The number of Topliss-reactive ketones (excluding diaryl/α,β-unsaturated/α-hetero) is 1. The van der Waals surface area contributed by atoms with Gasteiger partial charge in [-0.05, 0) is 26.0 Å². The smallest absolute Gasteiger partial charge is 0.422 e. The van der Waals surface area contributed by atoms with Crippen molar-refractivity contribution in [1.82, 2.24) is 0 Å². The summed E-state index contributed by atoms with van der Waals surface area (Å²) < 4.78 is 74.8. The summed E-state index contributed by atoms with van der Waals surface area (Å²) in [7, 11) is 0. The molecule has 0 aromatic heterocycles. The zero-order valence-electron chi connectivity index (χ0n) is 12.7. The molecule has 24 heavy (non-hydrogen) atoms. The molecule has 0 amide bonds. The normalized spacial score (nSPS) is 12.0. The van der Waals surface area contributed by atoms with E-state index in [-0.39, 0.29) is 13.2 Å². The van der Waals surface area contributed by atoms with Gasteiger partial charge in [-0.3, -0.25) is 4.79 Å². The Balaban J connectivity index is 3.42. The van der Waals surface area contributed by atoms with E-state index in [9.17, 15) is 31.5 Å². The standard InChI is InChI=1S/C15H13F5O4/c1-3-23-7-9(14(22)24-4-2)13(21)8-5-6-10(16)11(12(8)17)15(18,19)20/h5-7H,3-4H2,1-2H3/b9-7+. The summed E-state index contributed by atoms with van der Waals surface area (Å²) in [6.07, 6.45) is -4.69. The van der Waals surface area contributed by atoms with Gasteiger partial charge in [-0.2, -0.15) is 13.2 Å². The molecule has 1 aromatic carbocycles. The number of esters is 1. The molecule has 0 spiro atoms. The number of benzene rings is 1. The molecule has 4 nitrogen and oxygen atoms in total. The quantitative estimate of drug-likeness (QED) is 0.149. The van der Waals surface area contributed by atoms with Crippen LogP contribution < -0.4 is 0 Å². The van der Waals surface area contributed by atoms with Crippen LogP contribution in [0.5, 0.6) is 0 Å². The van der Waals surface area contributed by atoms with Crippen LogP contribution in [0.3, 0.4) is 0 Å². The zero-order valence-corrected chi connectivity index (χ0v) is 12.7. The van der Waals surface area contributed by atoms with Crippen LogP contribution >= 0.6 is 0 Å².